The summed E-state index contributed by atoms with van der Waals surface area (Å²) in [5.74, 6) is -2.95. The van der Waals surface area contributed by atoms with Crippen LogP contribution in [0.15, 0.2) is 18.2 Å². The first-order chi connectivity index (χ1) is 17.7. The van der Waals surface area contributed by atoms with Gasteiger partial charge in [-0.3, -0.25) is 19.2 Å². The highest BCUT2D eigenvalue weighted by Gasteiger charge is 2.37. The smallest absolute Gasteiger partial charge is 0.408 e. The van der Waals surface area contributed by atoms with Gasteiger partial charge in [-0.25, -0.2) is 4.79 Å². The molecule has 208 valence electrons. The number of benzene rings is 1. The fraction of sp³-hybridized carbons (Fsp3) is 0.538. The fourth-order valence-corrected chi connectivity index (χ4v) is 3.62. The topological polar surface area (TPSA) is 181 Å². The predicted molar refractivity (Wildman–Crippen MR) is 137 cm³/mol. The molecule has 0 aliphatic carbocycles. The Balaban J connectivity index is 3.44. The number of nitrogens with one attached hydrogen (secondary N) is 2. The summed E-state index contributed by atoms with van der Waals surface area (Å²) in [5.41, 5.74) is 6.42. The normalized spacial score (nSPS) is 12.3. The Hall–Kier alpha value is -4.14. The van der Waals surface area contributed by atoms with Gasteiger partial charge in [0.05, 0.1) is 25.5 Å². The van der Waals surface area contributed by atoms with Crippen molar-refractivity contribution in [2.24, 2.45) is 5.73 Å². The van der Waals surface area contributed by atoms with E-state index in [0.29, 0.717) is 11.1 Å². The van der Waals surface area contributed by atoms with Crippen molar-refractivity contribution in [2.45, 2.75) is 72.1 Å². The maximum atomic E-state index is 13.7. The quantitative estimate of drug-likeness (QED) is 0.268. The molecule has 0 spiro atoms. The van der Waals surface area contributed by atoms with E-state index in [0.717, 1.165) is 10.5 Å². The van der Waals surface area contributed by atoms with Crippen LogP contribution in [-0.4, -0.2) is 66.0 Å². The van der Waals surface area contributed by atoms with E-state index in [1.807, 2.05) is 19.1 Å². The van der Waals surface area contributed by atoms with Crippen LogP contribution in [0.1, 0.15) is 63.3 Å². The van der Waals surface area contributed by atoms with Crippen molar-refractivity contribution < 1.29 is 33.4 Å². The minimum atomic E-state index is -1.50. The number of ether oxygens (including phenoxy) is 2. The minimum absolute atomic E-state index is 0.0749. The Morgan fingerprint density at radius 3 is 2.34 bits per heavy atom. The molecule has 0 bridgehead atoms. The van der Waals surface area contributed by atoms with E-state index in [4.69, 9.17) is 15.2 Å². The second kappa shape index (κ2) is 14.6. The molecule has 1 aromatic carbocycles. The molecule has 0 saturated carbocycles. The first kappa shape index (κ1) is 31.9. The Bertz CT molecular complexity index is 1070. The zero-order valence-corrected chi connectivity index (χ0v) is 22.8. The highest BCUT2D eigenvalue weighted by atomic mass is 16.6. The van der Waals surface area contributed by atoms with Crippen LogP contribution in [0.2, 0.25) is 0 Å². The molecule has 0 radical (unpaired) electrons. The summed E-state index contributed by atoms with van der Waals surface area (Å²) in [6.07, 6.45) is -1.67. The lowest BCUT2D eigenvalue weighted by Gasteiger charge is -2.33. The van der Waals surface area contributed by atoms with E-state index < -0.39 is 60.4 Å². The maximum Gasteiger partial charge on any atom is 0.408 e. The molecule has 2 unspecified atom stereocenters. The molecule has 1 rings (SSSR count). The average molecular weight is 532 g/mol. The zero-order valence-electron chi connectivity index (χ0n) is 22.8. The van der Waals surface area contributed by atoms with Gasteiger partial charge in [-0.15, -0.1) is 0 Å². The first-order valence-corrected chi connectivity index (χ1v) is 12.2. The highest BCUT2D eigenvalue weighted by molar-refractivity contribution is 5.95. The third kappa shape index (κ3) is 10.5. The van der Waals surface area contributed by atoms with Gasteiger partial charge in [0, 0.05) is 6.54 Å². The Morgan fingerprint density at radius 2 is 1.82 bits per heavy atom. The van der Waals surface area contributed by atoms with Crippen LogP contribution >= 0.6 is 0 Å². The molecule has 0 aliphatic heterocycles. The van der Waals surface area contributed by atoms with E-state index in [1.165, 1.54) is 0 Å². The zero-order chi connectivity index (χ0) is 29.0. The van der Waals surface area contributed by atoms with Crippen molar-refractivity contribution in [3.8, 4) is 6.07 Å². The lowest BCUT2D eigenvalue weighted by Crippen LogP contribution is -2.54. The molecule has 12 nitrogen and oxygen atoms in total. The number of nitrogens with two attached hydrogens (primary N) is 1. The van der Waals surface area contributed by atoms with Gasteiger partial charge in [0.2, 0.25) is 17.7 Å². The number of alkyl carbamates (subject to hydrolysis) is 1. The van der Waals surface area contributed by atoms with Crippen molar-refractivity contribution in [3.05, 3.63) is 34.9 Å². The second-order valence-electron chi connectivity index (χ2n) is 9.60. The predicted octanol–water partition coefficient (Wildman–Crippen LogP) is 1.53. The number of amides is 4. The Labute approximate surface area is 222 Å². The van der Waals surface area contributed by atoms with Gasteiger partial charge in [-0.2, -0.15) is 5.26 Å². The van der Waals surface area contributed by atoms with Gasteiger partial charge in [0.15, 0.2) is 0 Å². The number of hydrogen-bond acceptors (Lipinski definition) is 8. The molecule has 1 aromatic rings. The van der Waals surface area contributed by atoms with E-state index in [-0.39, 0.29) is 19.6 Å². The van der Waals surface area contributed by atoms with Crippen LogP contribution in [0.4, 0.5) is 4.79 Å². The first-order valence-electron chi connectivity index (χ1n) is 12.2. The lowest BCUT2D eigenvalue weighted by molar-refractivity contribution is -0.144. The number of hydrogen-bond donors (Lipinski definition) is 3. The van der Waals surface area contributed by atoms with E-state index in [1.54, 1.807) is 46.8 Å². The van der Waals surface area contributed by atoms with Crippen LogP contribution in [0, 0.1) is 25.2 Å². The number of esters is 1. The molecule has 0 saturated heterocycles. The summed E-state index contributed by atoms with van der Waals surface area (Å²) in [4.78, 5) is 64.0. The molecule has 0 aliphatic rings. The number of aryl methyl sites for hydroxylation is 2. The number of carbonyl (C=O) groups is 5. The number of nitriles is 1. The number of nitrogens with zero attached hydrogens (tertiary/aromatic N) is 2. The maximum absolute atomic E-state index is 13.7. The standard InChI is InChI=1S/C26H37N5O7/c1-7-37-21(33)10-12-29-23(34)22(18-9-8-16(2)14-17(18)3)31(13-11-27)24(35)19(15-20(28)32)30-25(36)38-26(4,5)6/h8-9,14,19,22H,7,10,12-13,15H2,1-6H3,(H2,28,32)(H,29,34)(H,30,36). The van der Waals surface area contributed by atoms with Gasteiger partial charge in [0.25, 0.3) is 0 Å². The summed E-state index contributed by atoms with van der Waals surface area (Å²) in [6, 6.07) is 4.25. The SMILES string of the molecule is CCOC(=O)CCNC(=O)C(c1ccc(C)cc1C)N(CC#N)C(=O)C(CC(N)=O)NC(=O)OC(C)(C)C. The van der Waals surface area contributed by atoms with Crippen LogP contribution in [0.3, 0.4) is 0 Å². The fourth-order valence-electron chi connectivity index (χ4n) is 3.62. The summed E-state index contributed by atoms with van der Waals surface area (Å²) in [7, 11) is 0. The van der Waals surface area contributed by atoms with Gasteiger partial charge in [-0.05, 0) is 52.7 Å². The summed E-state index contributed by atoms with van der Waals surface area (Å²) in [6.45, 7) is 9.69. The molecule has 38 heavy (non-hydrogen) atoms. The van der Waals surface area contributed by atoms with Crippen LogP contribution in [-0.2, 0) is 28.7 Å². The summed E-state index contributed by atoms with van der Waals surface area (Å²) < 4.78 is 10.1. The van der Waals surface area contributed by atoms with Gasteiger partial charge < -0.3 is 30.7 Å². The van der Waals surface area contributed by atoms with E-state index >= 15 is 0 Å². The highest BCUT2D eigenvalue weighted by Crippen LogP contribution is 2.26. The van der Waals surface area contributed by atoms with E-state index in [9.17, 15) is 29.2 Å². The van der Waals surface area contributed by atoms with Crippen LogP contribution < -0.4 is 16.4 Å². The van der Waals surface area contributed by atoms with Gasteiger partial charge in [0.1, 0.15) is 24.2 Å². The van der Waals surface area contributed by atoms with Crippen molar-refractivity contribution >= 4 is 29.8 Å². The molecule has 0 fully saturated rings. The lowest BCUT2D eigenvalue weighted by atomic mass is 9.96. The van der Waals surface area contributed by atoms with Crippen molar-refractivity contribution in [2.75, 3.05) is 19.7 Å². The molecule has 0 aromatic heterocycles. The third-order valence-corrected chi connectivity index (χ3v) is 5.13. The Kier molecular flexibility index (Phi) is 12.2. The average Bonchev–Trinajstić information content (AvgIpc) is 2.77. The largest absolute Gasteiger partial charge is 0.466 e. The molecular formula is C26H37N5O7. The molecular weight excluding hydrogens is 494 g/mol. The summed E-state index contributed by atoms with van der Waals surface area (Å²) in [5, 5.41) is 14.5. The summed E-state index contributed by atoms with van der Waals surface area (Å²) >= 11 is 0. The van der Waals surface area contributed by atoms with Crippen molar-refractivity contribution in [3.63, 3.8) is 0 Å². The molecule has 4 amide bonds. The second-order valence-corrected chi connectivity index (χ2v) is 9.60. The third-order valence-electron chi connectivity index (χ3n) is 5.13. The van der Waals surface area contributed by atoms with Crippen LogP contribution in [0.25, 0.3) is 0 Å². The Morgan fingerprint density at radius 1 is 1.16 bits per heavy atom. The number of primary amides is 1. The monoisotopic (exact) mass is 531 g/mol. The van der Waals surface area contributed by atoms with Gasteiger partial charge >= 0.3 is 12.1 Å². The molecule has 4 N–H and O–H groups in total. The van der Waals surface area contributed by atoms with Crippen molar-refractivity contribution in [1.82, 2.24) is 15.5 Å². The van der Waals surface area contributed by atoms with Gasteiger partial charge in [-0.1, -0.05) is 23.8 Å². The number of rotatable bonds is 12. The molecule has 2 atom stereocenters. The van der Waals surface area contributed by atoms with Crippen LogP contribution in [0.5, 0.6) is 0 Å². The molecule has 12 heteroatoms. The van der Waals surface area contributed by atoms with Crippen molar-refractivity contribution in [1.29, 1.82) is 5.26 Å². The van der Waals surface area contributed by atoms with E-state index in [2.05, 4.69) is 10.6 Å². The minimum Gasteiger partial charge on any atom is -0.466 e. The number of carbonyl (C=O) groups excluding carboxylic acids is 5. The molecule has 0 heterocycles.